The van der Waals surface area contributed by atoms with Crippen molar-refractivity contribution in [2.24, 2.45) is 7.05 Å². The molecule has 0 N–H and O–H groups in total. The zero-order valence-electron chi connectivity index (χ0n) is 13.7. The van der Waals surface area contributed by atoms with Gasteiger partial charge in [-0.05, 0) is 20.3 Å². The predicted octanol–water partition coefficient (Wildman–Crippen LogP) is 0.285. The van der Waals surface area contributed by atoms with Gasteiger partial charge >= 0.3 is 0 Å². The normalized spacial score (nSPS) is 21.7. The molecule has 126 valence electrons. The fourth-order valence-electron chi connectivity index (χ4n) is 3.22. The van der Waals surface area contributed by atoms with Crippen LogP contribution in [0.3, 0.4) is 0 Å². The van der Waals surface area contributed by atoms with Crippen molar-refractivity contribution in [3.05, 3.63) is 11.9 Å². The number of amides is 1. The molecular weight excluding hydrogens is 318 g/mol. The Morgan fingerprint density at radius 2 is 2.17 bits per heavy atom. The second kappa shape index (κ2) is 5.33. The molecule has 1 aliphatic heterocycles. The van der Waals surface area contributed by atoms with Gasteiger partial charge in [-0.15, -0.1) is 0 Å². The Morgan fingerprint density at radius 3 is 2.78 bits per heavy atom. The standard InChI is InChI=1S/C14H21N5O3S/c1-9-13-12(18(4)16-9)7-15-19(13)10(2)14(20)17(3)11-5-6-23(21,22)8-11/h7,10-11H,5-6,8H2,1-4H3/t10-,11+/m1/s1. The molecule has 3 heterocycles. The van der Waals surface area contributed by atoms with Crippen molar-refractivity contribution in [3.8, 4) is 0 Å². The van der Waals surface area contributed by atoms with Crippen LogP contribution in [0.15, 0.2) is 6.20 Å². The Morgan fingerprint density at radius 1 is 1.48 bits per heavy atom. The topological polar surface area (TPSA) is 90.1 Å². The molecule has 8 nitrogen and oxygen atoms in total. The molecule has 0 spiro atoms. The molecule has 23 heavy (non-hydrogen) atoms. The molecule has 0 aliphatic carbocycles. The van der Waals surface area contributed by atoms with E-state index in [1.54, 1.807) is 34.4 Å². The fourth-order valence-corrected chi connectivity index (χ4v) is 5.00. The van der Waals surface area contributed by atoms with Crippen LogP contribution in [0.4, 0.5) is 0 Å². The summed E-state index contributed by atoms with van der Waals surface area (Å²) >= 11 is 0. The van der Waals surface area contributed by atoms with E-state index in [4.69, 9.17) is 0 Å². The van der Waals surface area contributed by atoms with E-state index < -0.39 is 15.9 Å². The molecule has 3 rings (SSSR count). The first kappa shape index (κ1) is 16.0. The van der Waals surface area contributed by atoms with E-state index in [9.17, 15) is 13.2 Å². The van der Waals surface area contributed by atoms with Gasteiger partial charge in [0.15, 0.2) is 9.84 Å². The van der Waals surface area contributed by atoms with Crippen LogP contribution in [0.5, 0.6) is 0 Å². The highest BCUT2D eigenvalue weighted by atomic mass is 32.2. The van der Waals surface area contributed by atoms with Crippen molar-refractivity contribution >= 4 is 26.8 Å². The number of likely N-dealkylation sites (N-methyl/N-ethyl adjacent to an activating group) is 1. The quantitative estimate of drug-likeness (QED) is 0.801. The first-order chi connectivity index (χ1) is 10.7. The van der Waals surface area contributed by atoms with Crippen LogP contribution in [0, 0.1) is 6.92 Å². The summed E-state index contributed by atoms with van der Waals surface area (Å²) in [5.74, 6) is 0.0557. The van der Waals surface area contributed by atoms with Crippen molar-refractivity contribution in [2.75, 3.05) is 18.6 Å². The maximum absolute atomic E-state index is 12.7. The van der Waals surface area contributed by atoms with Gasteiger partial charge in [-0.25, -0.2) is 13.1 Å². The van der Waals surface area contributed by atoms with Gasteiger partial charge in [-0.3, -0.25) is 9.48 Å². The third kappa shape index (κ3) is 2.62. The molecule has 9 heteroatoms. The minimum Gasteiger partial charge on any atom is -0.340 e. The lowest BCUT2D eigenvalue weighted by Crippen LogP contribution is -2.41. The summed E-state index contributed by atoms with van der Waals surface area (Å²) in [5.41, 5.74) is 2.51. The van der Waals surface area contributed by atoms with Crippen molar-refractivity contribution in [2.45, 2.75) is 32.4 Å². The maximum atomic E-state index is 12.7. The number of carbonyl (C=O) groups excluding carboxylic acids is 1. The Kier molecular flexibility index (Phi) is 3.70. The second-order valence-corrected chi connectivity index (χ2v) is 8.44. The molecule has 1 fully saturated rings. The van der Waals surface area contributed by atoms with Gasteiger partial charge < -0.3 is 4.90 Å². The lowest BCUT2D eigenvalue weighted by molar-refractivity contribution is -0.134. The summed E-state index contributed by atoms with van der Waals surface area (Å²) in [6.45, 7) is 3.66. The Hall–Kier alpha value is -1.90. The number of fused-ring (bicyclic) bond motifs is 1. The Balaban J connectivity index is 1.87. The minimum absolute atomic E-state index is 0.0440. The summed E-state index contributed by atoms with van der Waals surface area (Å²) in [4.78, 5) is 14.3. The molecule has 0 bridgehead atoms. The van der Waals surface area contributed by atoms with Crippen molar-refractivity contribution in [1.29, 1.82) is 0 Å². The van der Waals surface area contributed by atoms with Crippen molar-refractivity contribution < 1.29 is 13.2 Å². The van der Waals surface area contributed by atoms with Gasteiger partial charge in [0.1, 0.15) is 17.1 Å². The number of aromatic nitrogens is 4. The summed E-state index contributed by atoms with van der Waals surface area (Å²) in [6, 6.07) is -0.764. The van der Waals surface area contributed by atoms with E-state index in [-0.39, 0.29) is 23.5 Å². The van der Waals surface area contributed by atoms with Gasteiger partial charge in [0, 0.05) is 20.1 Å². The van der Waals surface area contributed by atoms with Gasteiger partial charge in [-0.1, -0.05) is 0 Å². The number of hydrogen-bond donors (Lipinski definition) is 0. The molecule has 2 aromatic heterocycles. The summed E-state index contributed by atoms with van der Waals surface area (Å²) in [7, 11) is 0.483. The largest absolute Gasteiger partial charge is 0.340 e. The van der Waals surface area contributed by atoms with Gasteiger partial charge in [-0.2, -0.15) is 10.2 Å². The minimum atomic E-state index is -3.02. The van der Waals surface area contributed by atoms with E-state index in [1.807, 2.05) is 14.0 Å². The van der Waals surface area contributed by atoms with Crippen molar-refractivity contribution in [3.63, 3.8) is 0 Å². The first-order valence-electron chi connectivity index (χ1n) is 7.55. The van der Waals surface area contributed by atoms with Gasteiger partial charge in [0.25, 0.3) is 0 Å². The summed E-state index contributed by atoms with van der Waals surface area (Å²) in [5, 5.41) is 8.67. The highest BCUT2D eigenvalue weighted by molar-refractivity contribution is 7.91. The van der Waals surface area contributed by atoms with Crippen LogP contribution in [0.2, 0.25) is 0 Å². The van der Waals surface area contributed by atoms with Crippen LogP contribution in [-0.4, -0.2) is 63.4 Å². The predicted molar refractivity (Wildman–Crippen MR) is 85.8 cm³/mol. The highest BCUT2D eigenvalue weighted by Gasteiger charge is 2.35. The van der Waals surface area contributed by atoms with Crippen LogP contribution < -0.4 is 0 Å². The molecular formula is C14H21N5O3S. The number of carbonyl (C=O) groups is 1. The molecule has 2 aromatic rings. The Bertz CT molecular complexity index is 866. The van der Waals surface area contributed by atoms with Crippen LogP contribution >= 0.6 is 0 Å². The molecule has 1 aliphatic rings. The average Bonchev–Trinajstić information content (AvgIpc) is 3.14. The third-order valence-electron chi connectivity index (χ3n) is 4.60. The molecule has 2 atom stereocenters. The number of hydrogen-bond acceptors (Lipinski definition) is 5. The second-order valence-electron chi connectivity index (χ2n) is 6.21. The zero-order valence-corrected chi connectivity index (χ0v) is 14.5. The van der Waals surface area contributed by atoms with E-state index in [0.717, 1.165) is 16.7 Å². The number of nitrogens with zero attached hydrogens (tertiary/aromatic N) is 5. The summed E-state index contributed by atoms with van der Waals surface area (Å²) < 4.78 is 26.6. The number of aryl methyl sites for hydroxylation is 2. The average molecular weight is 339 g/mol. The zero-order chi connectivity index (χ0) is 16.9. The summed E-state index contributed by atoms with van der Waals surface area (Å²) in [6.07, 6.45) is 2.19. The Labute approximate surface area is 135 Å². The monoisotopic (exact) mass is 339 g/mol. The van der Waals surface area contributed by atoms with Gasteiger partial charge in [0.2, 0.25) is 5.91 Å². The number of rotatable bonds is 3. The fraction of sp³-hybridized carbons (Fsp3) is 0.643. The molecule has 0 radical (unpaired) electrons. The lowest BCUT2D eigenvalue weighted by Gasteiger charge is -2.26. The molecule has 0 aromatic carbocycles. The van der Waals surface area contributed by atoms with E-state index in [0.29, 0.717) is 6.42 Å². The van der Waals surface area contributed by atoms with Gasteiger partial charge in [0.05, 0.1) is 23.4 Å². The smallest absolute Gasteiger partial charge is 0.247 e. The molecule has 1 amide bonds. The maximum Gasteiger partial charge on any atom is 0.247 e. The lowest BCUT2D eigenvalue weighted by atomic mass is 10.2. The van der Waals surface area contributed by atoms with E-state index in [2.05, 4.69) is 10.2 Å². The highest BCUT2D eigenvalue weighted by Crippen LogP contribution is 2.24. The van der Waals surface area contributed by atoms with E-state index >= 15 is 0 Å². The van der Waals surface area contributed by atoms with Crippen LogP contribution in [-0.2, 0) is 21.7 Å². The van der Waals surface area contributed by atoms with E-state index in [1.165, 1.54) is 0 Å². The molecule has 0 unspecified atom stereocenters. The number of sulfone groups is 1. The van der Waals surface area contributed by atoms with Crippen molar-refractivity contribution in [1.82, 2.24) is 24.5 Å². The SMILES string of the molecule is Cc1nn(C)c2cnn([C@H](C)C(=O)N(C)[C@H]3CCS(=O)(=O)C3)c12. The molecule has 0 saturated carbocycles. The first-order valence-corrected chi connectivity index (χ1v) is 9.37. The van der Waals surface area contributed by atoms with Crippen LogP contribution in [0.1, 0.15) is 25.1 Å². The third-order valence-corrected chi connectivity index (χ3v) is 6.35. The molecule has 1 saturated heterocycles. The van der Waals surface area contributed by atoms with Crippen LogP contribution in [0.25, 0.3) is 11.0 Å².